The summed E-state index contributed by atoms with van der Waals surface area (Å²) in [6.45, 7) is 2.57. The van der Waals surface area contributed by atoms with Gasteiger partial charge in [-0.25, -0.2) is 9.97 Å². The lowest BCUT2D eigenvalue weighted by atomic mass is 10.1. The molecule has 0 saturated carbocycles. The number of anilines is 1. The van der Waals surface area contributed by atoms with Gasteiger partial charge in [-0.3, -0.25) is 0 Å². The molecule has 1 aliphatic rings. The van der Waals surface area contributed by atoms with Crippen LogP contribution in [0.1, 0.15) is 6.42 Å². The van der Waals surface area contributed by atoms with Crippen LogP contribution in [0.3, 0.4) is 0 Å². The molecule has 0 spiro atoms. The highest BCUT2D eigenvalue weighted by Gasteiger charge is 2.15. The van der Waals surface area contributed by atoms with Crippen LogP contribution in [-0.2, 0) is 4.74 Å². The van der Waals surface area contributed by atoms with E-state index in [1.54, 1.807) is 19.5 Å². The Morgan fingerprint density at radius 2 is 2.33 bits per heavy atom. The van der Waals surface area contributed by atoms with Gasteiger partial charge in [0.1, 0.15) is 0 Å². The lowest BCUT2D eigenvalue weighted by molar-refractivity contribution is 0.187. The highest BCUT2D eigenvalue weighted by atomic mass is 16.5. The van der Waals surface area contributed by atoms with Crippen molar-refractivity contribution < 1.29 is 9.47 Å². The van der Waals surface area contributed by atoms with Gasteiger partial charge in [-0.2, -0.15) is 0 Å². The zero-order chi connectivity index (χ0) is 10.5. The third-order valence-electron chi connectivity index (χ3n) is 2.44. The third kappa shape index (κ3) is 2.79. The topological polar surface area (TPSA) is 56.3 Å². The first-order valence-corrected chi connectivity index (χ1v) is 5.06. The van der Waals surface area contributed by atoms with E-state index in [1.807, 2.05) is 0 Å². The van der Waals surface area contributed by atoms with Crippen LogP contribution in [0.25, 0.3) is 0 Å². The maximum Gasteiger partial charge on any atom is 0.222 e. The molecule has 5 nitrogen and oxygen atoms in total. The summed E-state index contributed by atoms with van der Waals surface area (Å²) in [5.41, 5.74) is 0. The number of hydrogen-bond acceptors (Lipinski definition) is 5. The molecule has 0 bridgehead atoms. The van der Waals surface area contributed by atoms with E-state index >= 15 is 0 Å². The van der Waals surface area contributed by atoms with E-state index in [0.29, 0.717) is 17.6 Å². The fourth-order valence-corrected chi connectivity index (χ4v) is 1.49. The maximum atomic E-state index is 5.28. The van der Waals surface area contributed by atoms with Crippen LogP contribution >= 0.6 is 0 Å². The van der Waals surface area contributed by atoms with E-state index < -0.39 is 0 Å². The van der Waals surface area contributed by atoms with Gasteiger partial charge >= 0.3 is 0 Å². The van der Waals surface area contributed by atoms with Crippen molar-refractivity contribution in [3.63, 3.8) is 0 Å². The summed E-state index contributed by atoms with van der Waals surface area (Å²) < 4.78 is 10.3. The Morgan fingerprint density at radius 3 is 2.93 bits per heavy atom. The molecule has 0 radical (unpaired) electrons. The van der Waals surface area contributed by atoms with Gasteiger partial charge < -0.3 is 14.8 Å². The summed E-state index contributed by atoms with van der Waals surface area (Å²) >= 11 is 0. The van der Waals surface area contributed by atoms with Crippen molar-refractivity contribution in [3.05, 3.63) is 12.4 Å². The van der Waals surface area contributed by atoms with Gasteiger partial charge in [0, 0.05) is 19.1 Å². The van der Waals surface area contributed by atoms with Crippen LogP contribution in [0.4, 0.5) is 5.95 Å². The molecule has 2 rings (SSSR count). The van der Waals surface area contributed by atoms with Gasteiger partial charge in [0.2, 0.25) is 5.95 Å². The van der Waals surface area contributed by atoms with E-state index in [0.717, 1.165) is 26.2 Å². The monoisotopic (exact) mass is 209 g/mol. The Bertz CT molecular complexity index is 296. The molecule has 1 aromatic rings. The molecule has 1 atom stereocenters. The van der Waals surface area contributed by atoms with E-state index in [-0.39, 0.29) is 0 Å². The average Bonchev–Trinajstić information content (AvgIpc) is 2.80. The van der Waals surface area contributed by atoms with Crippen LogP contribution in [0.5, 0.6) is 5.75 Å². The zero-order valence-corrected chi connectivity index (χ0v) is 8.77. The Labute approximate surface area is 88.8 Å². The lowest BCUT2D eigenvalue weighted by Gasteiger charge is -2.08. The summed E-state index contributed by atoms with van der Waals surface area (Å²) in [5, 5.41) is 3.18. The first kappa shape index (κ1) is 10.2. The molecule has 1 N–H and O–H groups in total. The second-order valence-corrected chi connectivity index (χ2v) is 3.56. The summed E-state index contributed by atoms with van der Waals surface area (Å²) in [6.07, 6.45) is 4.42. The van der Waals surface area contributed by atoms with Crippen LogP contribution in [0, 0.1) is 5.92 Å². The SMILES string of the molecule is COc1cnc(NCC2CCOC2)nc1. The number of methoxy groups -OCH3 is 1. The summed E-state index contributed by atoms with van der Waals surface area (Å²) in [6, 6.07) is 0. The van der Waals surface area contributed by atoms with E-state index in [2.05, 4.69) is 15.3 Å². The summed E-state index contributed by atoms with van der Waals surface area (Å²) in [4.78, 5) is 8.24. The van der Waals surface area contributed by atoms with Crippen molar-refractivity contribution in [1.29, 1.82) is 0 Å². The maximum absolute atomic E-state index is 5.28. The first-order chi connectivity index (χ1) is 7.38. The second-order valence-electron chi connectivity index (χ2n) is 3.56. The van der Waals surface area contributed by atoms with E-state index in [4.69, 9.17) is 9.47 Å². The number of nitrogens with zero attached hydrogens (tertiary/aromatic N) is 2. The summed E-state index contributed by atoms with van der Waals surface area (Å²) in [7, 11) is 1.60. The van der Waals surface area contributed by atoms with Gasteiger partial charge in [0.05, 0.1) is 26.1 Å². The van der Waals surface area contributed by atoms with E-state index in [1.165, 1.54) is 0 Å². The normalized spacial score (nSPS) is 20.2. The van der Waals surface area contributed by atoms with Crippen LogP contribution in [0.15, 0.2) is 12.4 Å². The van der Waals surface area contributed by atoms with Crippen molar-refractivity contribution in [2.24, 2.45) is 5.92 Å². The standard InChI is InChI=1S/C10H15N3O2/c1-14-9-5-12-10(13-6-9)11-4-8-2-3-15-7-8/h5-6,8H,2-4,7H2,1H3,(H,11,12,13). The van der Waals surface area contributed by atoms with Crippen LogP contribution in [-0.4, -0.2) is 36.8 Å². The molecule has 0 aliphatic carbocycles. The van der Waals surface area contributed by atoms with Gasteiger partial charge in [-0.1, -0.05) is 0 Å². The zero-order valence-electron chi connectivity index (χ0n) is 8.77. The van der Waals surface area contributed by atoms with Crippen molar-refractivity contribution in [2.75, 3.05) is 32.2 Å². The number of rotatable bonds is 4. The third-order valence-corrected chi connectivity index (χ3v) is 2.44. The molecule has 1 aliphatic heterocycles. The van der Waals surface area contributed by atoms with Gasteiger partial charge in [0.25, 0.3) is 0 Å². The highest BCUT2D eigenvalue weighted by molar-refractivity contribution is 5.26. The lowest BCUT2D eigenvalue weighted by Crippen LogP contribution is -2.15. The molecule has 15 heavy (non-hydrogen) atoms. The molecule has 0 aromatic carbocycles. The second kappa shape index (κ2) is 4.93. The molecular weight excluding hydrogens is 194 g/mol. The smallest absolute Gasteiger partial charge is 0.222 e. The minimum absolute atomic E-state index is 0.579. The van der Waals surface area contributed by atoms with Crippen LogP contribution in [0.2, 0.25) is 0 Å². The van der Waals surface area contributed by atoms with Crippen molar-refractivity contribution >= 4 is 5.95 Å². The average molecular weight is 209 g/mol. The van der Waals surface area contributed by atoms with Crippen molar-refractivity contribution in [3.8, 4) is 5.75 Å². The fourth-order valence-electron chi connectivity index (χ4n) is 1.49. The van der Waals surface area contributed by atoms with Gasteiger partial charge in [-0.15, -0.1) is 0 Å². The highest BCUT2D eigenvalue weighted by Crippen LogP contribution is 2.13. The summed E-state index contributed by atoms with van der Waals surface area (Å²) in [5.74, 6) is 1.89. The molecule has 2 heterocycles. The molecule has 1 unspecified atom stereocenters. The molecule has 1 fully saturated rings. The predicted octanol–water partition coefficient (Wildman–Crippen LogP) is 0.934. The predicted molar refractivity (Wildman–Crippen MR) is 56.0 cm³/mol. The first-order valence-electron chi connectivity index (χ1n) is 5.06. The Balaban J connectivity index is 1.82. The Morgan fingerprint density at radius 1 is 1.53 bits per heavy atom. The van der Waals surface area contributed by atoms with Crippen LogP contribution < -0.4 is 10.1 Å². The number of nitrogens with one attached hydrogen (secondary N) is 1. The molecule has 1 saturated heterocycles. The molecular formula is C10H15N3O2. The quantitative estimate of drug-likeness (QED) is 0.799. The molecule has 82 valence electrons. The largest absolute Gasteiger partial charge is 0.494 e. The van der Waals surface area contributed by atoms with Gasteiger partial charge in [-0.05, 0) is 6.42 Å². The Kier molecular flexibility index (Phi) is 3.34. The minimum Gasteiger partial charge on any atom is -0.494 e. The molecule has 5 heteroatoms. The van der Waals surface area contributed by atoms with Gasteiger partial charge in [0.15, 0.2) is 5.75 Å². The Hall–Kier alpha value is -1.36. The molecule has 0 amide bonds. The number of ether oxygens (including phenoxy) is 2. The van der Waals surface area contributed by atoms with Crippen molar-refractivity contribution in [2.45, 2.75) is 6.42 Å². The molecule has 1 aromatic heterocycles. The van der Waals surface area contributed by atoms with E-state index in [9.17, 15) is 0 Å². The fraction of sp³-hybridized carbons (Fsp3) is 0.600. The number of hydrogen-bond donors (Lipinski definition) is 1. The number of aromatic nitrogens is 2. The van der Waals surface area contributed by atoms with Crippen molar-refractivity contribution in [1.82, 2.24) is 9.97 Å². The minimum atomic E-state index is 0.579.